The van der Waals surface area contributed by atoms with E-state index in [0.29, 0.717) is 16.7 Å². The molecule has 0 saturated heterocycles. The maximum Gasteiger partial charge on any atom is 0.362 e. The maximum atomic E-state index is 11.5. The van der Waals surface area contributed by atoms with Gasteiger partial charge in [-0.05, 0) is 46.4 Å². The second kappa shape index (κ2) is 15.8. The Hall–Kier alpha value is -3.55. The van der Waals surface area contributed by atoms with Crippen LogP contribution in [0.15, 0.2) is 91.0 Å². The Labute approximate surface area is 260 Å². The zero-order valence-corrected chi connectivity index (χ0v) is 26.1. The molecule has 0 amide bonds. The minimum atomic E-state index is -0.833. The first-order chi connectivity index (χ1) is 17.5. The van der Waals surface area contributed by atoms with Crippen LogP contribution in [0.3, 0.4) is 0 Å². The van der Waals surface area contributed by atoms with Crippen molar-refractivity contribution in [2.45, 2.75) is 6.42 Å². The fraction of sp³-hybridized carbons (Fsp3) is 0.0333. The number of fused-ring (bicyclic) bond motifs is 3. The molecule has 3 aliphatic rings. The first-order valence-electron chi connectivity index (χ1n) is 11.1. The molecular weight excluding hydrogens is 757 g/mol. The fourth-order valence-electron chi connectivity index (χ4n) is 4.04. The van der Waals surface area contributed by atoms with Gasteiger partial charge < -0.3 is 16.1 Å². The van der Waals surface area contributed by atoms with Gasteiger partial charge in [0.05, 0.1) is 11.1 Å². The van der Waals surface area contributed by atoms with Crippen molar-refractivity contribution in [2.24, 2.45) is 0 Å². The van der Waals surface area contributed by atoms with Crippen molar-refractivity contribution in [3.05, 3.63) is 130 Å². The van der Waals surface area contributed by atoms with Gasteiger partial charge in [-0.2, -0.15) is 4.79 Å². The summed E-state index contributed by atoms with van der Waals surface area (Å²) in [4.78, 5) is 35.5. The predicted molar refractivity (Wildman–Crippen MR) is 142 cm³/mol. The molecule has 6 rings (SSSR count). The number of Topliss-reactive ketones (excluding diaryl/α,β-unsaturated/α-hetero) is 1. The molecule has 9 heteroatoms. The van der Waals surface area contributed by atoms with E-state index >= 15 is 0 Å². The molecular formula is C30H22N2O5UV. The molecule has 3 aliphatic carbocycles. The molecule has 3 aromatic carbocycles. The summed E-state index contributed by atoms with van der Waals surface area (Å²) in [6, 6.07) is 22.6. The molecule has 0 saturated carbocycles. The van der Waals surface area contributed by atoms with Crippen LogP contribution in [0, 0.1) is 31.1 Å². The summed E-state index contributed by atoms with van der Waals surface area (Å²) in [6.07, 6.45) is 9.48. The first-order valence-corrected chi connectivity index (χ1v) is 11.1. The fourth-order valence-corrected chi connectivity index (χ4v) is 4.04. The van der Waals surface area contributed by atoms with E-state index in [1.165, 1.54) is 6.08 Å². The topological polar surface area (TPSA) is 139 Å². The Balaban J connectivity index is 0.000000282. The van der Waals surface area contributed by atoms with Crippen molar-refractivity contribution in [3.63, 3.8) is 0 Å². The largest absolute Gasteiger partial charge is 0.478 e. The Morgan fingerprint density at radius 1 is 0.821 bits per heavy atom. The van der Waals surface area contributed by atoms with Crippen LogP contribution >= 0.6 is 0 Å². The number of carboxylic acids is 1. The van der Waals surface area contributed by atoms with Gasteiger partial charge >= 0.3 is 11.7 Å². The molecule has 0 unspecified atom stereocenters. The zero-order chi connectivity index (χ0) is 25.5. The van der Waals surface area contributed by atoms with E-state index in [1.54, 1.807) is 30.4 Å². The summed E-state index contributed by atoms with van der Waals surface area (Å²) >= 11 is 0. The maximum absolute atomic E-state index is 11.5. The number of allylic oxidation sites excluding steroid dienone is 4. The molecule has 7 nitrogen and oxygen atoms in total. The molecule has 0 aromatic heterocycles. The Morgan fingerprint density at radius 3 is 1.97 bits per heavy atom. The van der Waals surface area contributed by atoms with E-state index in [4.69, 9.17) is 10.6 Å². The van der Waals surface area contributed by atoms with Gasteiger partial charge in [-0.1, -0.05) is 84.9 Å². The van der Waals surface area contributed by atoms with Crippen molar-refractivity contribution in [2.75, 3.05) is 0 Å². The van der Waals surface area contributed by atoms with E-state index in [9.17, 15) is 14.4 Å². The number of hydrogen-bond acceptors (Lipinski definition) is 3. The number of carboxylic acid groups (broad SMARTS) is 1. The van der Waals surface area contributed by atoms with E-state index in [2.05, 4.69) is 4.79 Å². The summed E-state index contributed by atoms with van der Waals surface area (Å²) < 4.78 is 0. The molecule has 0 spiro atoms. The first kappa shape index (κ1) is 33.5. The normalized spacial score (nSPS) is 12.5. The third-order valence-electron chi connectivity index (χ3n) is 5.82. The molecule has 0 heterocycles. The van der Waals surface area contributed by atoms with Crippen LogP contribution in [0.5, 0.6) is 0 Å². The summed E-state index contributed by atoms with van der Waals surface area (Å²) in [5.74, 6) is 0.831. The van der Waals surface area contributed by atoms with Crippen molar-refractivity contribution in [1.29, 1.82) is 0 Å². The van der Waals surface area contributed by atoms with Gasteiger partial charge in [-0.3, -0.25) is 4.79 Å². The second-order valence-corrected chi connectivity index (χ2v) is 7.96. The minimum absolute atomic E-state index is 0. The van der Waals surface area contributed by atoms with Gasteiger partial charge in [0.15, 0.2) is 0 Å². The smallest absolute Gasteiger partial charge is 0.362 e. The number of carbonyl (C=O) groups is 2. The third kappa shape index (κ3) is 7.74. The van der Waals surface area contributed by atoms with Crippen LogP contribution in [-0.2, 0) is 34.6 Å². The molecule has 0 aliphatic heterocycles. The van der Waals surface area contributed by atoms with Crippen LogP contribution in [0.4, 0.5) is 0 Å². The Kier molecular flexibility index (Phi) is 13.5. The number of carbonyl (C=O) groups excluding carboxylic acids is 2. The van der Waals surface area contributed by atoms with E-state index < -0.39 is 5.97 Å². The SMILES string of the molecule is O.O=C(O)C1=CCc2ccccc21.O=C=C1C=Cc2ccccc21.[N-]=[N+]=C1C=Cc2ccccc2C1=O.[U].[V]. The summed E-state index contributed by atoms with van der Waals surface area (Å²) in [6.45, 7) is 0. The molecule has 3 N–H and O–H groups in total. The summed E-state index contributed by atoms with van der Waals surface area (Å²) in [7, 11) is 0. The third-order valence-corrected chi connectivity index (χ3v) is 5.82. The molecule has 191 valence electrons. The number of aliphatic carboxylic acids is 1. The number of rotatable bonds is 1. The van der Waals surface area contributed by atoms with Crippen molar-refractivity contribution in [3.8, 4) is 0 Å². The molecule has 3 aromatic rings. The van der Waals surface area contributed by atoms with Gasteiger partial charge in [0.2, 0.25) is 0 Å². The summed E-state index contributed by atoms with van der Waals surface area (Å²) in [5, 5.41) is 8.79. The minimum Gasteiger partial charge on any atom is -0.478 e. The molecule has 0 bridgehead atoms. The number of hydrogen-bond donors (Lipinski definition) is 1. The average molecular weight is 779 g/mol. The van der Waals surface area contributed by atoms with Crippen LogP contribution in [0.2, 0.25) is 0 Å². The standard InChI is InChI=1S/C10H6N2O.C10H8O2.C10H6O.H2O.U.V/c11-12-9-6-5-7-3-1-2-4-8(7)10(9)13;11-10(12)9-6-5-7-3-1-2-4-8(7)9;11-7-9-6-5-8-3-1-2-4-10(8)9;;;/h1-6H;1-4,6H,5H2,(H,11,12);1-6H;1H2;;. The van der Waals surface area contributed by atoms with E-state index in [1.807, 2.05) is 72.7 Å². The predicted octanol–water partition coefficient (Wildman–Crippen LogP) is 4.38. The number of benzene rings is 3. The van der Waals surface area contributed by atoms with Gasteiger partial charge in [0.25, 0.3) is 5.78 Å². The zero-order valence-electron chi connectivity index (χ0n) is 20.5. The van der Waals surface area contributed by atoms with Gasteiger partial charge in [0, 0.05) is 61.3 Å². The quantitative estimate of drug-likeness (QED) is 0.223. The average Bonchev–Trinajstić information content (AvgIpc) is 3.54. The Bertz CT molecular complexity index is 1580. The van der Waals surface area contributed by atoms with Crippen LogP contribution in [0.1, 0.15) is 38.2 Å². The van der Waals surface area contributed by atoms with Gasteiger partial charge in [-0.25, -0.2) is 9.59 Å². The van der Waals surface area contributed by atoms with Crippen molar-refractivity contribution < 1.29 is 79.4 Å². The van der Waals surface area contributed by atoms with Crippen LogP contribution < -0.4 is 0 Å². The van der Waals surface area contributed by atoms with Crippen LogP contribution in [-0.4, -0.2) is 38.8 Å². The molecule has 1 radical (unpaired) electrons. The second-order valence-electron chi connectivity index (χ2n) is 7.96. The molecule has 0 fully saturated rings. The van der Waals surface area contributed by atoms with Gasteiger partial charge in [0.1, 0.15) is 5.94 Å². The van der Waals surface area contributed by atoms with Crippen molar-refractivity contribution >= 4 is 46.7 Å². The van der Waals surface area contributed by atoms with Crippen LogP contribution in [0.25, 0.3) is 28.8 Å². The Morgan fingerprint density at radius 2 is 1.36 bits per heavy atom. The van der Waals surface area contributed by atoms with E-state index in [0.717, 1.165) is 34.2 Å². The molecule has 0 atom stereocenters. The van der Waals surface area contributed by atoms with Gasteiger partial charge in [-0.15, -0.1) is 0 Å². The summed E-state index contributed by atoms with van der Waals surface area (Å²) in [5.41, 5.74) is 15.2. The van der Waals surface area contributed by atoms with Crippen molar-refractivity contribution in [1.82, 2.24) is 0 Å². The monoisotopic (exact) mass is 779 g/mol. The van der Waals surface area contributed by atoms with E-state index in [-0.39, 0.29) is 66.6 Å². The number of nitrogens with zero attached hydrogens (tertiary/aromatic N) is 2. The molecule has 39 heavy (non-hydrogen) atoms. The number of ketones is 1.